The van der Waals surface area contributed by atoms with Gasteiger partial charge in [0.1, 0.15) is 11.9 Å². The molecule has 6 heteroatoms. The number of carbonyl (C=O) groups is 1. The highest BCUT2D eigenvalue weighted by Crippen LogP contribution is 2.06. The number of hydrogen-bond acceptors (Lipinski definition) is 4. The van der Waals surface area contributed by atoms with Gasteiger partial charge in [0.2, 0.25) is 5.95 Å². The average Bonchev–Trinajstić information content (AvgIpc) is 2.34. The highest BCUT2D eigenvalue weighted by atomic mass is 16.3. The molecule has 0 atom stereocenters. The van der Waals surface area contributed by atoms with Gasteiger partial charge in [0.05, 0.1) is 0 Å². The lowest BCUT2D eigenvalue weighted by Gasteiger charge is -2.15. The number of nitrogens with one attached hydrogen (secondary N) is 1. The van der Waals surface area contributed by atoms with Crippen molar-refractivity contribution >= 4 is 11.9 Å². The van der Waals surface area contributed by atoms with E-state index >= 15 is 0 Å². The van der Waals surface area contributed by atoms with E-state index in [1.54, 1.807) is 11.6 Å². The topological polar surface area (TPSA) is 80.0 Å². The molecule has 1 heterocycles. The quantitative estimate of drug-likeness (QED) is 0.650. The molecule has 1 rings (SSSR count). The maximum atomic E-state index is 11.2. The van der Waals surface area contributed by atoms with Gasteiger partial charge in [-0.05, 0) is 13.8 Å². The predicted molar refractivity (Wildman–Crippen MR) is 45.9 cm³/mol. The van der Waals surface area contributed by atoms with E-state index in [-0.39, 0.29) is 0 Å². The molecular formula is C7H12N4O2. The maximum Gasteiger partial charge on any atom is 0.258 e. The molecule has 0 bridgehead atoms. The Morgan fingerprint density at radius 1 is 1.69 bits per heavy atom. The molecular weight excluding hydrogens is 172 g/mol. The van der Waals surface area contributed by atoms with Gasteiger partial charge in [-0.25, -0.2) is 0 Å². The van der Waals surface area contributed by atoms with Gasteiger partial charge in [0.25, 0.3) is 5.91 Å². The zero-order chi connectivity index (χ0) is 10.1. The van der Waals surface area contributed by atoms with Crippen LogP contribution < -0.4 is 5.32 Å². The summed E-state index contributed by atoms with van der Waals surface area (Å²) in [7, 11) is 1.69. The highest BCUT2D eigenvalue weighted by Gasteiger charge is 2.24. The second kappa shape index (κ2) is 3.14. The molecule has 1 amide bonds. The number of hydrogen-bond donors (Lipinski definition) is 2. The van der Waals surface area contributed by atoms with Crippen molar-refractivity contribution in [1.82, 2.24) is 14.8 Å². The minimum Gasteiger partial charge on any atom is -0.381 e. The van der Waals surface area contributed by atoms with E-state index in [1.165, 1.54) is 20.2 Å². The van der Waals surface area contributed by atoms with Gasteiger partial charge in [-0.15, -0.1) is 10.2 Å². The van der Waals surface area contributed by atoms with Crippen LogP contribution in [0.5, 0.6) is 0 Å². The van der Waals surface area contributed by atoms with Crippen molar-refractivity contribution in [2.24, 2.45) is 7.05 Å². The van der Waals surface area contributed by atoms with Gasteiger partial charge in [-0.1, -0.05) is 0 Å². The first kappa shape index (κ1) is 9.66. The SMILES string of the molecule is Cn1cnnc1NC(=O)C(C)(C)O. The van der Waals surface area contributed by atoms with E-state index in [0.29, 0.717) is 5.95 Å². The van der Waals surface area contributed by atoms with E-state index in [4.69, 9.17) is 0 Å². The van der Waals surface area contributed by atoms with Gasteiger partial charge >= 0.3 is 0 Å². The van der Waals surface area contributed by atoms with Crippen LogP contribution in [0.2, 0.25) is 0 Å². The fourth-order valence-electron chi connectivity index (χ4n) is 0.651. The number of carbonyl (C=O) groups excluding carboxylic acids is 1. The van der Waals surface area contributed by atoms with Crippen LogP contribution in [0.1, 0.15) is 13.8 Å². The first-order valence-corrected chi connectivity index (χ1v) is 3.79. The molecule has 6 nitrogen and oxygen atoms in total. The summed E-state index contributed by atoms with van der Waals surface area (Å²) in [6, 6.07) is 0. The lowest BCUT2D eigenvalue weighted by Crippen LogP contribution is -2.37. The first-order valence-electron chi connectivity index (χ1n) is 3.79. The third-order valence-electron chi connectivity index (χ3n) is 1.49. The van der Waals surface area contributed by atoms with Crippen LogP contribution in [0.4, 0.5) is 5.95 Å². The molecule has 0 spiro atoms. The Labute approximate surface area is 75.6 Å². The van der Waals surface area contributed by atoms with Crippen molar-refractivity contribution in [2.75, 3.05) is 5.32 Å². The van der Waals surface area contributed by atoms with E-state index < -0.39 is 11.5 Å². The summed E-state index contributed by atoms with van der Waals surface area (Å²) in [6.07, 6.45) is 1.46. The molecule has 72 valence electrons. The van der Waals surface area contributed by atoms with Gasteiger partial charge in [0, 0.05) is 7.05 Å². The molecule has 0 unspecified atom stereocenters. The summed E-state index contributed by atoms with van der Waals surface area (Å²) in [5, 5.41) is 18.9. The third-order valence-corrected chi connectivity index (χ3v) is 1.49. The summed E-state index contributed by atoms with van der Waals surface area (Å²) in [4.78, 5) is 11.2. The van der Waals surface area contributed by atoms with E-state index in [9.17, 15) is 9.90 Å². The Morgan fingerprint density at radius 2 is 2.31 bits per heavy atom. The number of nitrogens with zero attached hydrogens (tertiary/aromatic N) is 3. The van der Waals surface area contributed by atoms with E-state index in [2.05, 4.69) is 15.5 Å². The number of aryl methyl sites for hydroxylation is 1. The molecule has 13 heavy (non-hydrogen) atoms. The van der Waals surface area contributed by atoms with Crippen molar-refractivity contribution in [2.45, 2.75) is 19.4 Å². The van der Waals surface area contributed by atoms with Crippen molar-refractivity contribution in [1.29, 1.82) is 0 Å². The molecule has 2 N–H and O–H groups in total. The molecule has 0 aliphatic carbocycles. The molecule has 1 aromatic rings. The van der Waals surface area contributed by atoms with Crippen molar-refractivity contribution in [3.63, 3.8) is 0 Å². The van der Waals surface area contributed by atoms with E-state index in [1.807, 2.05) is 0 Å². The Balaban J connectivity index is 2.71. The zero-order valence-electron chi connectivity index (χ0n) is 7.77. The molecule has 0 aliphatic rings. The van der Waals surface area contributed by atoms with Gasteiger partial charge in [-0.3, -0.25) is 10.1 Å². The van der Waals surface area contributed by atoms with Crippen molar-refractivity contribution in [3.8, 4) is 0 Å². The van der Waals surface area contributed by atoms with Crippen LogP contribution in [0.25, 0.3) is 0 Å². The fourth-order valence-corrected chi connectivity index (χ4v) is 0.651. The molecule has 0 radical (unpaired) electrons. The van der Waals surface area contributed by atoms with Crippen molar-refractivity contribution < 1.29 is 9.90 Å². The lowest BCUT2D eigenvalue weighted by atomic mass is 10.1. The first-order chi connectivity index (χ1) is 5.91. The zero-order valence-corrected chi connectivity index (χ0v) is 7.77. The molecule has 1 aromatic heterocycles. The number of aromatic nitrogens is 3. The molecule has 0 aromatic carbocycles. The highest BCUT2D eigenvalue weighted by molar-refractivity contribution is 5.95. The van der Waals surface area contributed by atoms with Crippen LogP contribution in [0.15, 0.2) is 6.33 Å². The van der Waals surface area contributed by atoms with Crippen LogP contribution in [0, 0.1) is 0 Å². The Bertz CT molecular complexity index is 313. The molecule has 0 saturated heterocycles. The maximum absolute atomic E-state index is 11.2. The van der Waals surface area contributed by atoms with Crippen LogP contribution in [-0.4, -0.2) is 31.4 Å². The largest absolute Gasteiger partial charge is 0.381 e. The number of aliphatic hydroxyl groups is 1. The van der Waals surface area contributed by atoms with Crippen LogP contribution in [-0.2, 0) is 11.8 Å². The summed E-state index contributed by atoms with van der Waals surface area (Å²) >= 11 is 0. The lowest BCUT2D eigenvalue weighted by molar-refractivity contribution is -0.130. The van der Waals surface area contributed by atoms with Gasteiger partial charge in [0.15, 0.2) is 0 Å². The summed E-state index contributed by atoms with van der Waals surface area (Å²) < 4.78 is 1.55. The minimum atomic E-state index is -1.41. The monoisotopic (exact) mass is 184 g/mol. The normalized spacial score (nSPS) is 11.4. The minimum absolute atomic E-state index is 0.312. The second-order valence-corrected chi connectivity index (χ2v) is 3.28. The predicted octanol–water partition coefficient (Wildman–Crippen LogP) is -0.476. The second-order valence-electron chi connectivity index (χ2n) is 3.28. The molecule has 0 saturated carbocycles. The Kier molecular flexibility index (Phi) is 2.33. The standard InChI is InChI=1S/C7H12N4O2/c1-7(2,13)5(12)9-6-10-8-4-11(6)3/h4,13H,1-3H3,(H,9,10,12). The number of amides is 1. The summed E-state index contributed by atoms with van der Waals surface area (Å²) in [6.45, 7) is 2.80. The van der Waals surface area contributed by atoms with Crippen LogP contribution in [0.3, 0.4) is 0 Å². The average molecular weight is 184 g/mol. The van der Waals surface area contributed by atoms with Crippen LogP contribution >= 0.6 is 0 Å². The molecule has 0 aliphatic heterocycles. The molecule has 0 fully saturated rings. The van der Waals surface area contributed by atoms with Gasteiger partial charge < -0.3 is 9.67 Å². The van der Waals surface area contributed by atoms with E-state index in [0.717, 1.165) is 0 Å². The smallest absolute Gasteiger partial charge is 0.258 e. The van der Waals surface area contributed by atoms with Gasteiger partial charge in [-0.2, -0.15) is 0 Å². The van der Waals surface area contributed by atoms with Crippen molar-refractivity contribution in [3.05, 3.63) is 6.33 Å². The Hall–Kier alpha value is -1.43. The summed E-state index contributed by atoms with van der Waals surface area (Å²) in [5.41, 5.74) is -1.41. The Morgan fingerprint density at radius 3 is 2.69 bits per heavy atom. The summed E-state index contributed by atoms with van der Waals surface area (Å²) in [5.74, 6) is -0.198. The number of rotatable bonds is 2. The fraction of sp³-hybridized carbons (Fsp3) is 0.571. The third kappa shape index (κ3) is 2.25. The number of anilines is 1.